The normalized spacial score (nSPS) is 20.2. The van der Waals surface area contributed by atoms with Gasteiger partial charge in [0, 0.05) is 24.2 Å². The van der Waals surface area contributed by atoms with Crippen molar-refractivity contribution >= 4 is 21.6 Å². The Labute approximate surface area is 124 Å². The second-order valence-corrected chi connectivity index (χ2v) is 5.98. The number of piperidine rings is 1. The van der Waals surface area contributed by atoms with Crippen LogP contribution in [0.5, 0.6) is 0 Å². The molecule has 1 unspecified atom stereocenters. The van der Waals surface area contributed by atoms with E-state index in [9.17, 15) is 13.2 Å². The summed E-state index contributed by atoms with van der Waals surface area (Å²) in [5.74, 6) is 0.406. The average molecular weight is 352 g/mol. The molecule has 20 heavy (non-hydrogen) atoms. The quantitative estimate of drug-likeness (QED) is 0.887. The Morgan fingerprint density at radius 1 is 1.35 bits per heavy atom. The van der Waals surface area contributed by atoms with Crippen molar-refractivity contribution in [2.45, 2.75) is 25.4 Å². The predicted molar refractivity (Wildman–Crippen MR) is 75.8 cm³/mol. The highest BCUT2D eigenvalue weighted by Gasteiger charge is 2.31. The molecule has 0 amide bonds. The van der Waals surface area contributed by atoms with Crippen molar-refractivity contribution in [1.29, 1.82) is 0 Å². The molecule has 112 valence electrons. The number of rotatable bonds is 3. The number of hydrogen-bond donors (Lipinski definition) is 1. The molecule has 2 nitrogen and oxygen atoms in total. The van der Waals surface area contributed by atoms with Crippen LogP contribution in [0.15, 0.2) is 22.7 Å². The van der Waals surface area contributed by atoms with Gasteiger partial charge >= 0.3 is 6.18 Å². The van der Waals surface area contributed by atoms with Gasteiger partial charge in [-0.25, -0.2) is 0 Å². The maximum atomic E-state index is 12.6. The molecule has 6 heteroatoms. The largest absolute Gasteiger partial charge is 0.416 e. The lowest BCUT2D eigenvalue weighted by Crippen LogP contribution is -2.36. The van der Waals surface area contributed by atoms with Gasteiger partial charge < -0.3 is 10.0 Å². The zero-order valence-electron chi connectivity index (χ0n) is 11.0. The summed E-state index contributed by atoms with van der Waals surface area (Å²) in [7, 11) is 0. The molecule has 2 rings (SSSR count). The number of anilines is 1. The highest BCUT2D eigenvalue weighted by Crippen LogP contribution is 2.36. The van der Waals surface area contributed by atoms with Crippen molar-refractivity contribution in [2.75, 3.05) is 24.6 Å². The van der Waals surface area contributed by atoms with Crippen LogP contribution in [0.1, 0.15) is 24.8 Å². The molecule has 0 spiro atoms. The first kappa shape index (κ1) is 15.6. The van der Waals surface area contributed by atoms with Crippen LogP contribution in [0, 0.1) is 5.92 Å². The summed E-state index contributed by atoms with van der Waals surface area (Å²) in [4.78, 5) is 2.09. The summed E-state index contributed by atoms with van der Waals surface area (Å²) < 4.78 is 38.4. The second-order valence-electron chi connectivity index (χ2n) is 5.13. The van der Waals surface area contributed by atoms with Gasteiger partial charge in [-0.2, -0.15) is 13.2 Å². The van der Waals surface area contributed by atoms with Crippen molar-refractivity contribution in [3.8, 4) is 0 Å². The molecule has 1 N–H and O–H groups in total. The fourth-order valence-corrected chi connectivity index (χ4v) is 3.27. The monoisotopic (exact) mass is 351 g/mol. The molecule has 1 aromatic rings. The molecule has 0 bridgehead atoms. The zero-order chi connectivity index (χ0) is 14.8. The minimum Gasteiger partial charge on any atom is -0.396 e. The molecule has 1 saturated heterocycles. The number of nitrogens with zero attached hydrogens (tertiary/aromatic N) is 1. The smallest absolute Gasteiger partial charge is 0.396 e. The van der Waals surface area contributed by atoms with Crippen molar-refractivity contribution in [3.63, 3.8) is 0 Å². The zero-order valence-corrected chi connectivity index (χ0v) is 12.5. The molecule has 0 saturated carbocycles. The van der Waals surface area contributed by atoms with Crippen molar-refractivity contribution < 1.29 is 18.3 Å². The Morgan fingerprint density at radius 3 is 2.70 bits per heavy atom. The molecule has 1 atom stereocenters. The van der Waals surface area contributed by atoms with Gasteiger partial charge in [0.05, 0.1) is 11.3 Å². The summed E-state index contributed by atoms with van der Waals surface area (Å²) in [6.45, 7) is 1.78. The molecule has 1 aliphatic heterocycles. The van der Waals surface area contributed by atoms with Crippen LogP contribution < -0.4 is 4.90 Å². The Kier molecular flexibility index (Phi) is 4.96. The van der Waals surface area contributed by atoms with Crippen LogP contribution in [0.2, 0.25) is 0 Å². The van der Waals surface area contributed by atoms with E-state index in [2.05, 4.69) is 20.8 Å². The lowest BCUT2D eigenvalue weighted by molar-refractivity contribution is -0.137. The maximum Gasteiger partial charge on any atom is 0.416 e. The van der Waals surface area contributed by atoms with Gasteiger partial charge in [0.25, 0.3) is 0 Å². The number of halogens is 4. The van der Waals surface area contributed by atoms with Gasteiger partial charge in [-0.1, -0.05) is 0 Å². The van der Waals surface area contributed by atoms with Gasteiger partial charge in [0.2, 0.25) is 0 Å². The highest BCUT2D eigenvalue weighted by molar-refractivity contribution is 9.10. The first-order valence-electron chi connectivity index (χ1n) is 6.64. The van der Waals surface area contributed by atoms with Gasteiger partial charge in [-0.05, 0) is 59.3 Å². The van der Waals surface area contributed by atoms with Crippen LogP contribution in [-0.4, -0.2) is 24.8 Å². The Bertz CT molecular complexity index is 462. The first-order chi connectivity index (χ1) is 9.41. The SMILES string of the molecule is OCCC1CCCN(c2ccc(C(F)(F)F)cc2Br)C1. The van der Waals surface area contributed by atoms with Crippen LogP contribution in [0.3, 0.4) is 0 Å². The molecule has 0 aliphatic carbocycles. The van der Waals surface area contributed by atoms with Crippen molar-refractivity contribution in [3.05, 3.63) is 28.2 Å². The first-order valence-corrected chi connectivity index (χ1v) is 7.43. The molecule has 1 fully saturated rings. The molecule has 1 aliphatic rings. The molecule has 1 heterocycles. The second kappa shape index (κ2) is 6.35. The van der Waals surface area contributed by atoms with Gasteiger partial charge in [0.1, 0.15) is 0 Å². The van der Waals surface area contributed by atoms with Crippen molar-refractivity contribution in [1.82, 2.24) is 0 Å². The minimum absolute atomic E-state index is 0.159. The summed E-state index contributed by atoms with van der Waals surface area (Å²) >= 11 is 3.24. The van der Waals surface area contributed by atoms with Gasteiger partial charge in [0.15, 0.2) is 0 Å². The number of aliphatic hydroxyl groups is 1. The lowest BCUT2D eigenvalue weighted by Gasteiger charge is -2.35. The Balaban J connectivity index is 2.16. The Hall–Kier alpha value is -0.750. The lowest BCUT2D eigenvalue weighted by atomic mass is 9.94. The van der Waals surface area contributed by atoms with E-state index in [1.807, 2.05) is 0 Å². The third-order valence-corrected chi connectivity index (χ3v) is 4.31. The molecular weight excluding hydrogens is 335 g/mol. The van der Waals surface area contributed by atoms with E-state index < -0.39 is 11.7 Å². The Morgan fingerprint density at radius 2 is 2.10 bits per heavy atom. The number of aliphatic hydroxyl groups excluding tert-OH is 1. The van der Waals surface area contributed by atoms with Crippen LogP contribution in [0.25, 0.3) is 0 Å². The van der Waals surface area contributed by atoms with Crippen LogP contribution in [0.4, 0.5) is 18.9 Å². The third kappa shape index (κ3) is 3.67. The number of hydrogen-bond acceptors (Lipinski definition) is 2. The van der Waals surface area contributed by atoms with Crippen molar-refractivity contribution in [2.24, 2.45) is 5.92 Å². The fraction of sp³-hybridized carbons (Fsp3) is 0.571. The third-order valence-electron chi connectivity index (χ3n) is 3.67. The van der Waals surface area contributed by atoms with E-state index in [1.165, 1.54) is 6.07 Å². The number of alkyl halides is 3. The average Bonchev–Trinajstić information content (AvgIpc) is 2.38. The molecule has 0 aromatic heterocycles. The van der Waals surface area contributed by atoms with E-state index in [0.717, 1.165) is 50.2 Å². The van der Waals surface area contributed by atoms with E-state index in [4.69, 9.17) is 5.11 Å². The summed E-state index contributed by atoms with van der Waals surface area (Å²) in [6.07, 6.45) is -1.51. The number of benzene rings is 1. The summed E-state index contributed by atoms with van der Waals surface area (Å²) in [5, 5.41) is 9.00. The van der Waals surface area contributed by atoms with E-state index in [0.29, 0.717) is 10.4 Å². The van der Waals surface area contributed by atoms with E-state index >= 15 is 0 Å². The summed E-state index contributed by atoms with van der Waals surface area (Å²) in [6, 6.07) is 3.77. The van der Waals surface area contributed by atoms with Gasteiger partial charge in [-0.15, -0.1) is 0 Å². The topological polar surface area (TPSA) is 23.5 Å². The van der Waals surface area contributed by atoms with E-state index in [-0.39, 0.29) is 6.61 Å². The van der Waals surface area contributed by atoms with Crippen LogP contribution >= 0.6 is 15.9 Å². The predicted octanol–water partition coefficient (Wildman–Crippen LogP) is 4.07. The molecule has 0 radical (unpaired) electrons. The maximum absolute atomic E-state index is 12.6. The van der Waals surface area contributed by atoms with E-state index in [1.54, 1.807) is 0 Å². The van der Waals surface area contributed by atoms with Gasteiger partial charge in [-0.3, -0.25) is 0 Å². The molecular formula is C14H17BrF3NO. The fourth-order valence-electron chi connectivity index (χ4n) is 2.64. The van der Waals surface area contributed by atoms with Crippen LogP contribution in [-0.2, 0) is 6.18 Å². The summed E-state index contributed by atoms with van der Waals surface area (Å²) in [5.41, 5.74) is 0.151. The standard InChI is InChI=1S/C14H17BrF3NO/c15-12-8-11(14(16,17)18)3-4-13(12)19-6-1-2-10(9-19)5-7-20/h3-4,8,10,20H,1-2,5-7,9H2. The highest BCUT2D eigenvalue weighted by atomic mass is 79.9. The molecule has 1 aromatic carbocycles. The minimum atomic E-state index is -4.32.